The van der Waals surface area contributed by atoms with Crippen LogP contribution in [0.5, 0.6) is 0 Å². The fourth-order valence-electron chi connectivity index (χ4n) is 3.00. The van der Waals surface area contributed by atoms with Gasteiger partial charge in [0.25, 0.3) is 0 Å². The minimum atomic E-state index is -0.910. The van der Waals surface area contributed by atoms with Crippen LogP contribution in [0, 0.1) is 5.92 Å². The summed E-state index contributed by atoms with van der Waals surface area (Å²) in [6.45, 7) is 0.704. The predicted octanol–water partition coefficient (Wildman–Crippen LogP) is 2.42. The number of hydrogen-bond acceptors (Lipinski definition) is 3. The maximum atomic E-state index is 12.6. The number of carboxylic acid groups (broad SMARTS) is 1. The summed E-state index contributed by atoms with van der Waals surface area (Å²) < 4.78 is 0. The molecule has 5 heteroatoms. The van der Waals surface area contributed by atoms with E-state index in [1.54, 1.807) is 12.1 Å². The lowest BCUT2D eigenvalue weighted by atomic mass is 9.95. The van der Waals surface area contributed by atoms with Crippen molar-refractivity contribution in [1.29, 1.82) is 0 Å². The molecule has 0 aliphatic carbocycles. The molecule has 1 atom stereocenters. The Hall–Kier alpha value is -1.49. The summed E-state index contributed by atoms with van der Waals surface area (Å²) >= 11 is 1.82. The van der Waals surface area contributed by atoms with Crippen LogP contribution in [0.4, 0.5) is 5.69 Å². The first-order valence-corrected chi connectivity index (χ1v) is 8.08. The molecule has 1 amide bonds. The molecule has 0 saturated carbocycles. The molecule has 1 saturated heterocycles. The van der Waals surface area contributed by atoms with Crippen LogP contribution in [0.2, 0.25) is 0 Å². The highest BCUT2D eigenvalue weighted by atomic mass is 32.2. The van der Waals surface area contributed by atoms with Gasteiger partial charge in [-0.25, -0.2) is 4.79 Å². The Morgan fingerprint density at radius 1 is 1.35 bits per heavy atom. The largest absolute Gasteiger partial charge is 0.478 e. The van der Waals surface area contributed by atoms with Gasteiger partial charge in [0.1, 0.15) is 0 Å². The van der Waals surface area contributed by atoms with Gasteiger partial charge in [0.2, 0.25) is 5.91 Å². The van der Waals surface area contributed by atoms with Gasteiger partial charge in [0.05, 0.1) is 5.56 Å². The predicted molar refractivity (Wildman–Crippen MR) is 79.5 cm³/mol. The number of fused-ring (bicyclic) bond motifs is 1. The van der Waals surface area contributed by atoms with Gasteiger partial charge in [-0.3, -0.25) is 4.79 Å². The molecule has 0 radical (unpaired) electrons. The Bertz CT molecular complexity index is 552. The Morgan fingerprint density at radius 2 is 2.20 bits per heavy atom. The van der Waals surface area contributed by atoms with Crippen LogP contribution in [0.3, 0.4) is 0 Å². The average Bonchev–Trinajstić information content (AvgIpc) is 2.99. The normalized spacial score (nSPS) is 21.6. The first-order valence-electron chi connectivity index (χ1n) is 6.93. The van der Waals surface area contributed by atoms with Crippen LogP contribution in [-0.2, 0) is 11.2 Å². The van der Waals surface area contributed by atoms with Crippen molar-refractivity contribution in [3.05, 3.63) is 29.3 Å². The van der Waals surface area contributed by atoms with E-state index in [9.17, 15) is 14.7 Å². The van der Waals surface area contributed by atoms with Crippen molar-refractivity contribution < 1.29 is 14.7 Å². The van der Waals surface area contributed by atoms with Gasteiger partial charge in [-0.2, -0.15) is 11.8 Å². The molecule has 1 aromatic rings. The van der Waals surface area contributed by atoms with E-state index < -0.39 is 5.97 Å². The third kappa shape index (κ3) is 2.30. The quantitative estimate of drug-likeness (QED) is 0.909. The number of rotatable bonds is 2. The van der Waals surface area contributed by atoms with Gasteiger partial charge < -0.3 is 10.0 Å². The van der Waals surface area contributed by atoms with Crippen molar-refractivity contribution in [1.82, 2.24) is 0 Å². The number of carbonyl (C=O) groups excluding carboxylic acids is 1. The minimum Gasteiger partial charge on any atom is -0.478 e. The number of amides is 1. The SMILES string of the molecule is O=C(O)c1cccc2c1CCCN2C(=O)C1CCSC1. The third-order valence-corrected chi connectivity index (χ3v) is 5.19. The van der Waals surface area contributed by atoms with Gasteiger partial charge in [-0.15, -0.1) is 0 Å². The second kappa shape index (κ2) is 5.48. The molecule has 106 valence electrons. The molecule has 1 aromatic carbocycles. The highest BCUT2D eigenvalue weighted by molar-refractivity contribution is 7.99. The smallest absolute Gasteiger partial charge is 0.336 e. The zero-order chi connectivity index (χ0) is 14.1. The summed E-state index contributed by atoms with van der Waals surface area (Å²) in [6, 6.07) is 5.23. The van der Waals surface area contributed by atoms with E-state index >= 15 is 0 Å². The number of anilines is 1. The monoisotopic (exact) mass is 291 g/mol. The topological polar surface area (TPSA) is 57.6 Å². The fraction of sp³-hybridized carbons (Fsp3) is 0.467. The summed E-state index contributed by atoms with van der Waals surface area (Å²) in [5, 5.41) is 9.27. The first kappa shape index (κ1) is 13.5. The molecule has 20 heavy (non-hydrogen) atoms. The summed E-state index contributed by atoms with van der Waals surface area (Å²) in [4.78, 5) is 25.7. The fourth-order valence-corrected chi connectivity index (χ4v) is 4.22. The summed E-state index contributed by atoms with van der Waals surface area (Å²) in [7, 11) is 0. The summed E-state index contributed by atoms with van der Waals surface area (Å²) in [5.74, 6) is 1.29. The molecule has 2 aliphatic heterocycles. The van der Waals surface area contributed by atoms with Crippen LogP contribution in [-0.4, -0.2) is 35.0 Å². The van der Waals surface area contributed by atoms with Crippen molar-refractivity contribution in [3.63, 3.8) is 0 Å². The van der Waals surface area contributed by atoms with Crippen LogP contribution in [0.15, 0.2) is 18.2 Å². The van der Waals surface area contributed by atoms with Crippen LogP contribution >= 0.6 is 11.8 Å². The molecule has 3 rings (SSSR count). The van der Waals surface area contributed by atoms with Gasteiger partial charge >= 0.3 is 5.97 Å². The molecular formula is C15H17NO3S. The Labute approximate surface area is 122 Å². The van der Waals surface area contributed by atoms with Crippen molar-refractivity contribution in [3.8, 4) is 0 Å². The molecular weight excluding hydrogens is 274 g/mol. The van der Waals surface area contributed by atoms with E-state index in [0.717, 1.165) is 42.0 Å². The number of carbonyl (C=O) groups is 2. The zero-order valence-corrected chi connectivity index (χ0v) is 12.0. The van der Waals surface area contributed by atoms with Gasteiger partial charge in [0, 0.05) is 23.9 Å². The van der Waals surface area contributed by atoms with E-state index in [1.165, 1.54) is 0 Å². The highest BCUT2D eigenvalue weighted by Crippen LogP contribution is 2.33. The van der Waals surface area contributed by atoms with E-state index in [4.69, 9.17) is 0 Å². The zero-order valence-electron chi connectivity index (χ0n) is 11.2. The standard InChI is InChI=1S/C15H17NO3S/c17-14(10-6-8-20-9-10)16-7-2-4-11-12(15(18)19)3-1-5-13(11)16/h1,3,5,10H,2,4,6-9H2,(H,18,19). The van der Waals surface area contributed by atoms with Crippen molar-refractivity contribution in [2.24, 2.45) is 5.92 Å². The number of nitrogens with zero attached hydrogens (tertiary/aromatic N) is 1. The van der Waals surface area contributed by atoms with E-state index in [-0.39, 0.29) is 11.8 Å². The first-order chi connectivity index (χ1) is 9.68. The van der Waals surface area contributed by atoms with Crippen LogP contribution in [0.1, 0.15) is 28.8 Å². The summed E-state index contributed by atoms with van der Waals surface area (Å²) in [6.07, 6.45) is 2.51. The molecule has 2 aliphatic rings. The molecule has 4 nitrogen and oxygen atoms in total. The molecule has 1 N–H and O–H groups in total. The highest BCUT2D eigenvalue weighted by Gasteiger charge is 2.32. The maximum Gasteiger partial charge on any atom is 0.336 e. The van der Waals surface area contributed by atoms with Gasteiger partial charge in [0.15, 0.2) is 0 Å². The minimum absolute atomic E-state index is 0.0967. The van der Waals surface area contributed by atoms with E-state index in [2.05, 4.69) is 0 Å². The maximum absolute atomic E-state index is 12.6. The number of thioether (sulfide) groups is 1. The second-order valence-corrected chi connectivity index (χ2v) is 6.41. The van der Waals surface area contributed by atoms with E-state index in [1.807, 2.05) is 22.7 Å². The lowest BCUT2D eigenvalue weighted by molar-refractivity contribution is -0.121. The number of benzene rings is 1. The molecule has 2 heterocycles. The Balaban J connectivity index is 1.95. The molecule has 1 unspecified atom stereocenters. The van der Waals surface area contributed by atoms with Gasteiger partial charge in [-0.05, 0) is 42.7 Å². The van der Waals surface area contributed by atoms with Gasteiger partial charge in [-0.1, -0.05) is 6.07 Å². The van der Waals surface area contributed by atoms with E-state index in [0.29, 0.717) is 12.1 Å². The number of hydrogen-bond donors (Lipinski definition) is 1. The van der Waals surface area contributed by atoms with Crippen molar-refractivity contribution >= 4 is 29.3 Å². The third-order valence-electron chi connectivity index (χ3n) is 4.03. The lowest BCUT2D eigenvalue weighted by Gasteiger charge is -2.32. The van der Waals surface area contributed by atoms with Crippen LogP contribution < -0.4 is 4.90 Å². The average molecular weight is 291 g/mol. The molecule has 0 bridgehead atoms. The number of aromatic carboxylic acids is 1. The van der Waals surface area contributed by atoms with Crippen molar-refractivity contribution in [2.45, 2.75) is 19.3 Å². The summed E-state index contributed by atoms with van der Waals surface area (Å²) in [5.41, 5.74) is 1.95. The Kier molecular flexibility index (Phi) is 3.70. The van der Waals surface area contributed by atoms with Crippen molar-refractivity contribution in [2.75, 3.05) is 23.0 Å². The second-order valence-electron chi connectivity index (χ2n) is 5.26. The molecule has 0 aromatic heterocycles. The number of carboxylic acids is 1. The Morgan fingerprint density at radius 3 is 2.90 bits per heavy atom. The lowest BCUT2D eigenvalue weighted by Crippen LogP contribution is -2.40. The van der Waals surface area contributed by atoms with Crippen LogP contribution in [0.25, 0.3) is 0 Å². The molecule has 0 spiro atoms. The molecule has 1 fully saturated rings.